The van der Waals surface area contributed by atoms with Gasteiger partial charge in [0, 0.05) is 72.1 Å². The lowest BCUT2D eigenvalue weighted by atomic mass is 9.66. The molecule has 0 amide bonds. The first kappa shape index (κ1) is 38.3. The van der Waals surface area contributed by atoms with Gasteiger partial charge >= 0.3 is 0 Å². The predicted molar refractivity (Wildman–Crippen MR) is 217 cm³/mol. The number of halogens is 1. The highest BCUT2D eigenvalue weighted by Gasteiger charge is 2.64. The molecule has 0 radical (unpaired) electrons. The summed E-state index contributed by atoms with van der Waals surface area (Å²) in [5.74, 6) is 11.5. The molecule has 2 aliphatic heterocycles. The van der Waals surface area contributed by atoms with Crippen molar-refractivity contribution in [2.45, 2.75) is 114 Å². The Labute approximate surface area is 334 Å². The van der Waals surface area contributed by atoms with Crippen molar-refractivity contribution in [3.8, 4) is 24.2 Å². The molecule has 292 valence electrons. The number of aliphatic imine (C=N–C) groups is 2. The molecule has 10 nitrogen and oxygen atoms in total. The number of guanidine groups is 2. The van der Waals surface area contributed by atoms with Crippen LogP contribution in [-0.4, -0.2) is 62.6 Å². The lowest BCUT2D eigenvalue weighted by Gasteiger charge is -2.45. The smallest absolute Gasteiger partial charge is 0.220 e. The number of rotatable bonds is 2. The van der Waals surface area contributed by atoms with E-state index >= 15 is 0 Å². The summed E-state index contributed by atoms with van der Waals surface area (Å²) in [7, 11) is 7.28. The van der Waals surface area contributed by atoms with Crippen LogP contribution in [0.5, 0.6) is 0 Å². The fourth-order valence-corrected chi connectivity index (χ4v) is 10.1. The Kier molecular flexibility index (Phi) is 10.3. The molecule has 2 atom stereocenters. The third-order valence-electron chi connectivity index (χ3n) is 13.4. The van der Waals surface area contributed by atoms with Crippen LogP contribution >= 0.6 is 15.9 Å². The summed E-state index contributed by atoms with van der Waals surface area (Å²) in [4.78, 5) is 22.5. The van der Waals surface area contributed by atoms with E-state index in [1.165, 1.54) is 36.8 Å². The molecule has 6 aliphatic carbocycles. The van der Waals surface area contributed by atoms with E-state index in [2.05, 4.69) is 70.1 Å². The van der Waals surface area contributed by atoms with E-state index in [1.807, 2.05) is 21.2 Å². The third kappa shape index (κ3) is 6.84. The standard InChI is InChI=1S/C22H27N3O2.C17H22BrN3O2.C5H6/c1-25-20(23)24-22(27-25)19-13-16(6-5-15-3-4-15)7-8-17(19)14-21(22)11-9-18(26-2)10-12-21;1-21-15(19)20-17(23-21)14-9-12(18)4-3-11(14)10-16(17)7-5-13(22-2)6-8-16;1-2-5-3-4-5/h7-8,13,15,18H,3-4,9-12,14H2,1-2H3,(H2,23,24);3-4,9,13H,5-8,10H2,1-2H3,(H2,19,20);1,5H,3-4H2. The Morgan fingerprint density at radius 2 is 1.20 bits per heavy atom. The molecule has 4 saturated carbocycles. The molecule has 10 rings (SSSR count). The molecule has 0 saturated heterocycles. The number of hydrogen-bond acceptors (Lipinski definition) is 10. The van der Waals surface area contributed by atoms with E-state index in [9.17, 15) is 0 Å². The highest BCUT2D eigenvalue weighted by molar-refractivity contribution is 9.10. The highest BCUT2D eigenvalue weighted by Crippen LogP contribution is 2.63. The van der Waals surface area contributed by atoms with Gasteiger partial charge in [-0.3, -0.25) is 0 Å². The first-order valence-electron chi connectivity index (χ1n) is 20.0. The van der Waals surface area contributed by atoms with Crippen molar-refractivity contribution >= 4 is 27.8 Å². The molecule has 2 aromatic carbocycles. The molecular weight excluding hydrogens is 756 g/mol. The van der Waals surface area contributed by atoms with E-state index in [4.69, 9.17) is 47.0 Å². The molecule has 11 heteroatoms. The first-order valence-corrected chi connectivity index (χ1v) is 20.8. The van der Waals surface area contributed by atoms with Crippen molar-refractivity contribution in [3.05, 3.63) is 68.7 Å². The molecule has 0 aromatic heterocycles. The van der Waals surface area contributed by atoms with E-state index in [-0.39, 0.29) is 10.8 Å². The van der Waals surface area contributed by atoms with Crippen molar-refractivity contribution in [3.63, 3.8) is 0 Å². The maximum Gasteiger partial charge on any atom is 0.220 e. The van der Waals surface area contributed by atoms with Crippen molar-refractivity contribution in [1.29, 1.82) is 0 Å². The average Bonchev–Trinajstić information content (AvgIpc) is 4.12. The van der Waals surface area contributed by atoms with Gasteiger partial charge in [-0.15, -0.1) is 12.3 Å². The SMILES string of the molecule is C#CC1CC1.COC1CCC2(CC1)Cc1ccc(Br)cc1C21N=C(N)N(C)O1.COC1CCC2(CC1)Cc1ccc(C#CC3CC3)cc1C21N=C(N)N(C)O1. The van der Waals surface area contributed by atoms with E-state index in [0.717, 1.165) is 85.4 Å². The maximum atomic E-state index is 6.42. The number of nitrogens with zero attached hydrogens (tertiary/aromatic N) is 4. The molecular formula is C44H55BrN6O4. The number of terminal acetylenes is 1. The zero-order valence-corrected chi connectivity index (χ0v) is 34.3. The Balaban J connectivity index is 0.000000139. The van der Waals surface area contributed by atoms with Crippen LogP contribution in [0.15, 0.2) is 50.9 Å². The van der Waals surface area contributed by atoms with Crippen molar-refractivity contribution < 1.29 is 19.1 Å². The van der Waals surface area contributed by atoms with Crippen molar-refractivity contribution in [2.24, 2.45) is 44.1 Å². The minimum Gasteiger partial charge on any atom is -0.381 e. The van der Waals surface area contributed by atoms with Crippen LogP contribution in [0.2, 0.25) is 0 Å². The van der Waals surface area contributed by atoms with Gasteiger partial charge in [-0.05, 0) is 125 Å². The zero-order valence-electron chi connectivity index (χ0n) is 32.7. The Morgan fingerprint density at radius 1 is 0.727 bits per heavy atom. The van der Waals surface area contributed by atoms with Crippen LogP contribution < -0.4 is 11.5 Å². The number of ether oxygens (including phenoxy) is 2. The molecule has 2 aromatic rings. The summed E-state index contributed by atoms with van der Waals surface area (Å²) in [6, 6.07) is 13.0. The summed E-state index contributed by atoms with van der Waals surface area (Å²) in [5, 5.41) is 3.24. The largest absolute Gasteiger partial charge is 0.381 e. The number of hydroxylamine groups is 4. The monoisotopic (exact) mass is 810 g/mol. The number of hydrogen-bond donors (Lipinski definition) is 2. The first-order chi connectivity index (χ1) is 26.5. The van der Waals surface area contributed by atoms with Crippen LogP contribution in [0.4, 0.5) is 0 Å². The number of nitrogens with two attached hydrogens (primary N) is 2. The lowest BCUT2D eigenvalue weighted by molar-refractivity contribution is -0.232. The minimum absolute atomic E-state index is 0.0411. The number of fused-ring (bicyclic) bond motifs is 6. The molecule has 4 fully saturated rings. The van der Waals surface area contributed by atoms with Gasteiger partial charge in [0.25, 0.3) is 0 Å². The molecule has 2 heterocycles. The van der Waals surface area contributed by atoms with Gasteiger partial charge in [0.1, 0.15) is 0 Å². The second-order valence-electron chi connectivity index (χ2n) is 16.8. The fraction of sp³-hybridized carbons (Fsp3) is 0.591. The van der Waals surface area contributed by atoms with Crippen LogP contribution in [0.25, 0.3) is 0 Å². The second-order valence-corrected chi connectivity index (χ2v) is 17.8. The summed E-state index contributed by atoms with van der Waals surface area (Å²) in [6.07, 6.45) is 20.9. The minimum atomic E-state index is -0.725. The lowest BCUT2D eigenvalue weighted by Crippen LogP contribution is -2.46. The van der Waals surface area contributed by atoms with Gasteiger partial charge < -0.3 is 20.9 Å². The maximum absolute atomic E-state index is 6.42. The van der Waals surface area contributed by atoms with Crippen LogP contribution in [0.1, 0.15) is 105 Å². The van der Waals surface area contributed by atoms with E-state index in [1.54, 1.807) is 17.2 Å². The zero-order chi connectivity index (χ0) is 38.6. The molecule has 0 bridgehead atoms. The van der Waals surface area contributed by atoms with Gasteiger partial charge in [0.15, 0.2) is 0 Å². The molecule has 8 aliphatic rings. The second kappa shape index (κ2) is 14.7. The Morgan fingerprint density at radius 3 is 1.60 bits per heavy atom. The topological polar surface area (TPSA) is 120 Å². The van der Waals surface area contributed by atoms with Crippen molar-refractivity contribution in [2.75, 3.05) is 28.3 Å². The predicted octanol–water partition coefficient (Wildman–Crippen LogP) is 6.88. The van der Waals surface area contributed by atoms with Gasteiger partial charge in [0.2, 0.25) is 23.4 Å². The fourth-order valence-electron chi connectivity index (χ4n) is 9.78. The molecule has 4 N–H and O–H groups in total. The molecule has 55 heavy (non-hydrogen) atoms. The van der Waals surface area contributed by atoms with Crippen LogP contribution in [-0.2, 0) is 43.4 Å². The summed E-state index contributed by atoms with van der Waals surface area (Å²) < 4.78 is 12.2. The summed E-state index contributed by atoms with van der Waals surface area (Å²) in [6.45, 7) is 0. The third-order valence-corrected chi connectivity index (χ3v) is 13.9. The van der Waals surface area contributed by atoms with Gasteiger partial charge in [0.05, 0.1) is 12.2 Å². The number of benzene rings is 2. The van der Waals surface area contributed by atoms with Gasteiger partial charge in [-0.2, -0.15) is 0 Å². The Bertz CT molecular complexity index is 1960. The van der Waals surface area contributed by atoms with E-state index < -0.39 is 11.4 Å². The van der Waals surface area contributed by atoms with Crippen LogP contribution in [0, 0.1) is 46.9 Å². The van der Waals surface area contributed by atoms with Crippen molar-refractivity contribution in [1.82, 2.24) is 10.1 Å². The molecule has 2 unspecified atom stereocenters. The summed E-state index contributed by atoms with van der Waals surface area (Å²) >= 11 is 3.59. The number of methoxy groups -OCH3 is 2. The molecule has 4 spiro atoms. The quantitative estimate of drug-likeness (QED) is 0.316. The average molecular weight is 812 g/mol. The van der Waals surface area contributed by atoms with Crippen LogP contribution in [0.3, 0.4) is 0 Å². The van der Waals surface area contributed by atoms with Gasteiger partial charge in [-0.1, -0.05) is 39.9 Å². The highest BCUT2D eigenvalue weighted by atomic mass is 79.9. The van der Waals surface area contributed by atoms with Gasteiger partial charge in [-0.25, -0.2) is 29.8 Å². The van der Waals surface area contributed by atoms with E-state index in [0.29, 0.717) is 36.0 Å². The Hall–Kier alpha value is -3.58. The summed E-state index contributed by atoms with van der Waals surface area (Å²) in [5.41, 5.74) is 16.7. The normalized spacial score (nSPS) is 33.9.